The number of aromatic amines is 1. The second-order valence-corrected chi connectivity index (χ2v) is 4.52. The Kier molecular flexibility index (Phi) is 2.87. The molecule has 94 valence electrons. The topological polar surface area (TPSA) is 83.5 Å². The van der Waals surface area contributed by atoms with Crippen LogP contribution in [0.4, 0.5) is 5.82 Å². The molecule has 7 nitrogen and oxygen atoms in total. The maximum absolute atomic E-state index is 4.46. The van der Waals surface area contributed by atoms with Crippen molar-refractivity contribution in [1.29, 1.82) is 0 Å². The van der Waals surface area contributed by atoms with Gasteiger partial charge in [0.1, 0.15) is 11.6 Å². The number of nitrogens with one attached hydrogen (secondary N) is 1. The van der Waals surface area contributed by atoms with Gasteiger partial charge in [-0.05, 0) is 25.8 Å². The van der Waals surface area contributed by atoms with Crippen LogP contribution in [0.15, 0.2) is 12.3 Å². The molecule has 1 fully saturated rings. The maximum Gasteiger partial charge on any atom is 0.179 e. The molecule has 3 heterocycles. The number of aromatic nitrogens is 6. The van der Waals surface area contributed by atoms with Gasteiger partial charge in [0.25, 0.3) is 0 Å². The fourth-order valence-corrected chi connectivity index (χ4v) is 2.36. The third kappa shape index (κ3) is 2.15. The predicted octanol–water partition coefficient (Wildman–Crippen LogP) is 0.682. The van der Waals surface area contributed by atoms with E-state index >= 15 is 0 Å². The number of nitrogens with zero attached hydrogens (tertiary/aromatic N) is 6. The van der Waals surface area contributed by atoms with Crippen molar-refractivity contribution in [2.24, 2.45) is 0 Å². The molecule has 0 radical (unpaired) electrons. The highest BCUT2D eigenvalue weighted by Crippen LogP contribution is 2.26. The molecule has 0 aromatic carbocycles. The Morgan fingerprint density at radius 1 is 1.44 bits per heavy atom. The van der Waals surface area contributed by atoms with Crippen LogP contribution < -0.4 is 4.90 Å². The predicted molar refractivity (Wildman–Crippen MR) is 65.1 cm³/mol. The number of rotatable bonds is 2. The van der Waals surface area contributed by atoms with Crippen molar-refractivity contribution in [1.82, 2.24) is 30.6 Å². The van der Waals surface area contributed by atoms with E-state index in [4.69, 9.17) is 0 Å². The van der Waals surface area contributed by atoms with Gasteiger partial charge >= 0.3 is 0 Å². The van der Waals surface area contributed by atoms with Crippen LogP contribution >= 0.6 is 0 Å². The molecule has 0 aliphatic carbocycles. The average Bonchev–Trinajstić information content (AvgIpc) is 2.93. The lowest BCUT2D eigenvalue weighted by Crippen LogP contribution is -2.35. The zero-order chi connectivity index (χ0) is 12.4. The molecule has 0 bridgehead atoms. The first-order valence-electron chi connectivity index (χ1n) is 6.11. The fraction of sp³-hybridized carbons (Fsp3) is 0.545. The Balaban J connectivity index is 1.78. The largest absolute Gasteiger partial charge is 0.356 e. The monoisotopic (exact) mass is 245 g/mol. The molecule has 18 heavy (non-hydrogen) atoms. The van der Waals surface area contributed by atoms with Crippen molar-refractivity contribution in [3.63, 3.8) is 0 Å². The number of anilines is 1. The van der Waals surface area contributed by atoms with Crippen molar-refractivity contribution >= 4 is 5.82 Å². The summed E-state index contributed by atoms with van der Waals surface area (Å²) in [7, 11) is 0. The number of tetrazole rings is 1. The van der Waals surface area contributed by atoms with Gasteiger partial charge in [-0.25, -0.2) is 9.97 Å². The fourth-order valence-electron chi connectivity index (χ4n) is 2.36. The quantitative estimate of drug-likeness (QED) is 0.837. The molecular formula is C11H15N7. The summed E-state index contributed by atoms with van der Waals surface area (Å²) in [6.07, 6.45) is 4.01. The van der Waals surface area contributed by atoms with E-state index in [1.807, 2.05) is 13.0 Å². The highest BCUT2D eigenvalue weighted by molar-refractivity contribution is 5.38. The first-order chi connectivity index (χ1) is 8.83. The van der Waals surface area contributed by atoms with Gasteiger partial charge in [-0.3, -0.25) is 0 Å². The number of hydrogen-bond donors (Lipinski definition) is 1. The zero-order valence-corrected chi connectivity index (χ0v) is 10.2. The number of hydrogen-bond acceptors (Lipinski definition) is 6. The third-order valence-electron chi connectivity index (χ3n) is 3.23. The average molecular weight is 245 g/mol. The van der Waals surface area contributed by atoms with Gasteiger partial charge in [0, 0.05) is 25.2 Å². The second-order valence-electron chi connectivity index (χ2n) is 4.52. The number of piperidine rings is 1. The first kappa shape index (κ1) is 11.1. The Morgan fingerprint density at radius 2 is 2.39 bits per heavy atom. The van der Waals surface area contributed by atoms with Crippen LogP contribution in [0.5, 0.6) is 0 Å². The van der Waals surface area contributed by atoms with Crippen molar-refractivity contribution in [2.45, 2.75) is 25.7 Å². The molecule has 1 aliphatic rings. The number of aryl methyl sites for hydroxylation is 1. The minimum absolute atomic E-state index is 0.327. The molecule has 3 rings (SSSR count). The number of H-pyrrole nitrogens is 1. The minimum Gasteiger partial charge on any atom is -0.356 e. The van der Waals surface area contributed by atoms with Gasteiger partial charge in [-0.15, -0.1) is 10.2 Å². The summed E-state index contributed by atoms with van der Waals surface area (Å²) >= 11 is 0. The molecule has 0 amide bonds. The Morgan fingerprint density at radius 3 is 3.17 bits per heavy atom. The summed E-state index contributed by atoms with van der Waals surface area (Å²) < 4.78 is 0. The molecule has 0 spiro atoms. The van der Waals surface area contributed by atoms with Crippen LogP contribution in [0.25, 0.3) is 0 Å². The summed E-state index contributed by atoms with van der Waals surface area (Å²) in [6.45, 7) is 3.81. The van der Waals surface area contributed by atoms with E-state index in [0.717, 1.165) is 43.4 Å². The molecule has 0 saturated carbocycles. The highest BCUT2D eigenvalue weighted by atomic mass is 15.5. The smallest absolute Gasteiger partial charge is 0.179 e. The normalized spacial score (nSPS) is 20.1. The van der Waals surface area contributed by atoms with Gasteiger partial charge in [-0.2, -0.15) is 5.21 Å². The molecule has 1 aliphatic heterocycles. The van der Waals surface area contributed by atoms with E-state index in [2.05, 4.69) is 35.5 Å². The Labute approximate surface area is 105 Å². The van der Waals surface area contributed by atoms with Crippen LogP contribution in [-0.2, 0) is 0 Å². The van der Waals surface area contributed by atoms with Crippen LogP contribution in [0, 0.1) is 6.92 Å². The molecule has 2 aromatic heterocycles. The molecule has 7 heteroatoms. The standard InChI is InChI=1S/C11H15N7/c1-8-12-5-4-10(13-8)18-6-2-3-9(7-18)11-14-16-17-15-11/h4-5,9H,2-3,6-7H2,1H3,(H,14,15,16,17)/t9-/m0/s1. The van der Waals surface area contributed by atoms with Gasteiger partial charge in [0.2, 0.25) is 0 Å². The molecule has 1 atom stereocenters. The molecule has 2 aromatic rings. The second kappa shape index (κ2) is 4.67. The third-order valence-corrected chi connectivity index (χ3v) is 3.23. The molecule has 1 N–H and O–H groups in total. The summed E-state index contributed by atoms with van der Waals surface area (Å²) in [5, 5.41) is 14.3. The highest BCUT2D eigenvalue weighted by Gasteiger charge is 2.25. The van der Waals surface area contributed by atoms with Gasteiger partial charge in [0.15, 0.2) is 5.82 Å². The lowest BCUT2D eigenvalue weighted by Gasteiger charge is -2.32. The zero-order valence-electron chi connectivity index (χ0n) is 10.2. The summed E-state index contributed by atoms with van der Waals surface area (Å²) in [5.41, 5.74) is 0. The van der Waals surface area contributed by atoms with E-state index in [9.17, 15) is 0 Å². The summed E-state index contributed by atoms with van der Waals surface area (Å²) in [6, 6.07) is 1.95. The summed E-state index contributed by atoms with van der Waals surface area (Å²) in [4.78, 5) is 10.9. The molecular weight excluding hydrogens is 230 g/mol. The van der Waals surface area contributed by atoms with Crippen molar-refractivity contribution in [3.8, 4) is 0 Å². The van der Waals surface area contributed by atoms with E-state index in [0.29, 0.717) is 5.92 Å². The molecule has 1 saturated heterocycles. The Bertz CT molecular complexity index is 510. The first-order valence-corrected chi connectivity index (χ1v) is 6.11. The van der Waals surface area contributed by atoms with Crippen molar-refractivity contribution in [2.75, 3.05) is 18.0 Å². The van der Waals surface area contributed by atoms with E-state index < -0.39 is 0 Å². The van der Waals surface area contributed by atoms with Crippen molar-refractivity contribution in [3.05, 3.63) is 23.9 Å². The minimum atomic E-state index is 0.327. The van der Waals surface area contributed by atoms with Gasteiger partial charge in [-0.1, -0.05) is 5.21 Å². The van der Waals surface area contributed by atoms with Gasteiger partial charge < -0.3 is 4.90 Å². The SMILES string of the molecule is Cc1nccc(N2CCC[C@H](c3nn[nH]n3)C2)n1. The van der Waals surface area contributed by atoms with Crippen molar-refractivity contribution < 1.29 is 0 Å². The summed E-state index contributed by atoms with van der Waals surface area (Å²) in [5.74, 6) is 2.91. The van der Waals surface area contributed by atoms with E-state index in [-0.39, 0.29) is 0 Å². The molecule has 0 unspecified atom stereocenters. The van der Waals surface area contributed by atoms with Crippen LogP contribution in [0.1, 0.15) is 30.4 Å². The van der Waals surface area contributed by atoms with Crippen LogP contribution in [0.2, 0.25) is 0 Å². The van der Waals surface area contributed by atoms with E-state index in [1.54, 1.807) is 6.20 Å². The maximum atomic E-state index is 4.46. The van der Waals surface area contributed by atoms with Crippen LogP contribution in [-0.4, -0.2) is 43.7 Å². The lowest BCUT2D eigenvalue weighted by molar-refractivity contribution is 0.488. The van der Waals surface area contributed by atoms with Gasteiger partial charge in [0.05, 0.1) is 0 Å². The Hall–Kier alpha value is -2.05. The van der Waals surface area contributed by atoms with Crippen LogP contribution in [0.3, 0.4) is 0 Å². The lowest BCUT2D eigenvalue weighted by atomic mass is 9.97. The van der Waals surface area contributed by atoms with E-state index in [1.165, 1.54) is 0 Å².